The smallest absolute Gasteiger partial charge is 0.128 e. The van der Waals surface area contributed by atoms with Crippen LogP contribution in [0, 0.1) is 6.92 Å². The Hall–Kier alpha value is -2.03. The topological polar surface area (TPSA) is 28.2 Å². The number of anilines is 2. The first-order valence-electron chi connectivity index (χ1n) is 7.68. The molecule has 2 rings (SSSR count). The van der Waals surface area contributed by atoms with Gasteiger partial charge in [0.15, 0.2) is 0 Å². The third kappa shape index (κ3) is 3.97. The van der Waals surface area contributed by atoms with Crippen LogP contribution in [0.15, 0.2) is 42.6 Å². The molecule has 0 saturated heterocycles. The van der Waals surface area contributed by atoms with E-state index in [4.69, 9.17) is 0 Å². The molecule has 2 aromatic rings. The van der Waals surface area contributed by atoms with Crippen LogP contribution in [0.3, 0.4) is 0 Å². The van der Waals surface area contributed by atoms with Crippen LogP contribution < -0.4 is 10.2 Å². The van der Waals surface area contributed by atoms with Gasteiger partial charge in [-0.25, -0.2) is 4.98 Å². The van der Waals surface area contributed by atoms with E-state index in [0.717, 1.165) is 24.6 Å². The lowest BCUT2D eigenvalue weighted by molar-refractivity contribution is 0.843. The molecule has 0 aliphatic carbocycles. The van der Waals surface area contributed by atoms with Crippen LogP contribution in [0.4, 0.5) is 11.5 Å². The summed E-state index contributed by atoms with van der Waals surface area (Å²) in [5.74, 6) is 1.04. The summed E-state index contributed by atoms with van der Waals surface area (Å²) in [5.41, 5.74) is 3.63. The van der Waals surface area contributed by atoms with Crippen molar-refractivity contribution in [2.24, 2.45) is 0 Å². The highest BCUT2D eigenvalue weighted by Gasteiger charge is 2.07. The summed E-state index contributed by atoms with van der Waals surface area (Å²) in [6, 6.07) is 13.1. The van der Waals surface area contributed by atoms with Gasteiger partial charge in [0.05, 0.1) is 11.9 Å². The van der Waals surface area contributed by atoms with Crippen LogP contribution in [0.2, 0.25) is 0 Å². The monoisotopic (exact) mass is 283 g/mol. The number of nitrogens with one attached hydrogen (secondary N) is 1. The van der Waals surface area contributed by atoms with Crippen molar-refractivity contribution in [2.75, 3.05) is 23.3 Å². The van der Waals surface area contributed by atoms with Crippen molar-refractivity contribution in [1.29, 1.82) is 0 Å². The molecular weight excluding hydrogens is 258 g/mol. The summed E-state index contributed by atoms with van der Waals surface area (Å²) in [4.78, 5) is 6.79. The molecule has 1 unspecified atom stereocenters. The van der Waals surface area contributed by atoms with E-state index in [1.807, 2.05) is 6.20 Å². The van der Waals surface area contributed by atoms with Gasteiger partial charge >= 0.3 is 0 Å². The highest BCUT2D eigenvalue weighted by Crippen LogP contribution is 2.20. The normalized spacial score (nSPS) is 12.0. The van der Waals surface area contributed by atoms with E-state index in [1.54, 1.807) is 0 Å². The third-order valence-corrected chi connectivity index (χ3v) is 3.80. The van der Waals surface area contributed by atoms with Crippen molar-refractivity contribution in [1.82, 2.24) is 4.98 Å². The lowest BCUT2D eigenvalue weighted by Crippen LogP contribution is -2.22. The summed E-state index contributed by atoms with van der Waals surface area (Å²) in [5, 5.41) is 3.50. The Labute approximate surface area is 128 Å². The van der Waals surface area contributed by atoms with Crippen molar-refractivity contribution in [3.05, 3.63) is 53.7 Å². The summed E-state index contributed by atoms with van der Waals surface area (Å²) in [6.07, 6.45) is 1.92. The number of aryl methyl sites for hydroxylation is 1. The van der Waals surface area contributed by atoms with Crippen LogP contribution in [-0.2, 0) is 0 Å². The van der Waals surface area contributed by atoms with Crippen LogP contribution in [0.25, 0.3) is 0 Å². The maximum Gasteiger partial charge on any atom is 0.128 e. The molecule has 0 spiro atoms. The van der Waals surface area contributed by atoms with Crippen molar-refractivity contribution in [3.8, 4) is 0 Å². The zero-order valence-corrected chi connectivity index (χ0v) is 13.4. The van der Waals surface area contributed by atoms with Gasteiger partial charge in [-0.2, -0.15) is 0 Å². The van der Waals surface area contributed by atoms with Crippen molar-refractivity contribution in [3.63, 3.8) is 0 Å². The third-order valence-electron chi connectivity index (χ3n) is 3.80. The first kappa shape index (κ1) is 15.4. The molecular formula is C18H25N3. The lowest BCUT2D eigenvalue weighted by Gasteiger charge is -2.20. The molecule has 0 fully saturated rings. The number of aromatic nitrogens is 1. The van der Waals surface area contributed by atoms with E-state index in [1.165, 1.54) is 11.1 Å². The molecule has 112 valence electrons. The van der Waals surface area contributed by atoms with Crippen molar-refractivity contribution in [2.45, 2.75) is 33.7 Å². The lowest BCUT2D eigenvalue weighted by atomic mass is 10.1. The molecule has 1 aromatic heterocycles. The minimum atomic E-state index is 0.270. The van der Waals surface area contributed by atoms with Crippen LogP contribution >= 0.6 is 0 Å². The van der Waals surface area contributed by atoms with Crippen LogP contribution in [-0.4, -0.2) is 18.1 Å². The van der Waals surface area contributed by atoms with E-state index in [-0.39, 0.29) is 6.04 Å². The quantitative estimate of drug-likeness (QED) is 0.851. The van der Waals surface area contributed by atoms with Gasteiger partial charge < -0.3 is 10.2 Å². The number of rotatable bonds is 6. The second kappa shape index (κ2) is 7.11. The van der Waals surface area contributed by atoms with Crippen LogP contribution in [0.5, 0.6) is 0 Å². The average Bonchev–Trinajstić information content (AvgIpc) is 2.51. The van der Waals surface area contributed by atoms with Crippen molar-refractivity contribution < 1.29 is 0 Å². The fraction of sp³-hybridized carbons (Fsp3) is 0.389. The van der Waals surface area contributed by atoms with Gasteiger partial charge in [0.2, 0.25) is 0 Å². The molecule has 1 atom stereocenters. The molecule has 0 saturated carbocycles. The summed E-state index contributed by atoms with van der Waals surface area (Å²) >= 11 is 0. The molecule has 1 heterocycles. The molecule has 0 aliphatic rings. The van der Waals surface area contributed by atoms with E-state index in [0.29, 0.717) is 0 Å². The maximum atomic E-state index is 4.54. The predicted molar refractivity (Wildman–Crippen MR) is 91.0 cm³/mol. The van der Waals surface area contributed by atoms with Gasteiger partial charge in [0.25, 0.3) is 0 Å². The van der Waals surface area contributed by atoms with Gasteiger partial charge in [-0.15, -0.1) is 0 Å². The largest absolute Gasteiger partial charge is 0.377 e. The van der Waals surface area contributed by atoms with Crippen molar-refractivity contribution >= 4 is 11.5 Å². The number of pyridine rings is 1. The fourth-order valence-electron chi connectivity index (χ4n) is 2.39. The molecule has 0 amide bonds. The maximum absolute atomic E-state index is 4.54. The Morgan fingerprint density at radius 1 is 1.05 bits per heavy atom. The number of nitrogens with zero attached hydrogens (tertiary/aromatic N) is 2. The molecule has 21 heavy (non-hydrogen) atoms. The van der Waals surface area contributed by atoms with E-state index in [9.17, 15) is 0 Å². The van der Waals surface area contributed by atoms with Crippen LogP contribution in [0.1, 0.15) is 37.9 Å². The second-order valence-electron chi connectivity index (χ2n) is 5.35. The zero-order valence-electron chi connectivity index (χ0n) is 13.4. The zero-order chi connectivity index (χ0) is 15.2. The molecule has 3 heteroatoms. The first-order chi connectivity index (χ1) is 10.1. The number of hydrogen-bond acceptors (Lipinski definition) is 3. The van der Waals surface area contributed by atoms with Gasteiger partial charge in [0.1, 0.15) is 5.82 Å². The van der Waals surface area contributed by atoms with Gasteiger partial charge in [0, 0.05) is 19.1 Å². The molecule has 3 nitrogen and oxygen atoms in total. The number of benzene rings is 1. The molecule has 1 N–H and O–H groups in total. The molecule has 0 radical (unpaired) electrons. The Morgan fingerprint density at radius 3 is 2.24 bits per heavy atom. The van der Waals surface area contributed by atoms with E-state index >= 15 is 0 Å². The Balaban J connectivity index is 2.04. The Kier molecular flexibility index (Phi) is 5.20. The standard InChI is InChI=1S/C18H25N3/c1-5-21(6-2)18-12-11-17(13-19-18)20-15(4)16-9-7-14(3)8-10-16/h7-13,15,20H,5-6H2,1-4H3. The predicted octanol–water partition coefficient (Wildman–Crippen LogP) is 4.41. The van der Waals surface area contributed by atoms with E-state index in [2.05, 4.69) is 79.3 Å². The minimum absolute atomic E-state index is 0.270. The fourth-order valence-corrected chi connectivity index (χ4v) is 2.39. The van der Waals surface area contributed by atoms with Gasteiger partial charge in [-0.05, 0) is 45.4 Å². The highest BCUT2D eigenvalue weighted by atomic mass is 15.2. The highest BCUT2D eigenvalue weighted by molar-refractivity contribution is 5.49. The number of hydrogen-bond donors (Lipinski definition) is 1. The van der Waals surface area contributed by atoms with Gasteiger partial charge in [-0.1, -0.05) is 29.8 Å². The minimum Gasteiger partial charge on any atom is -0.377 e. The van der Waals surface area contributed by atoms with Gasteiger partial charge in [-0.3, -0.25) is 0 Å². The summed E-state index contributed by atoms with van der Waals surface area (Å²) < 4.78 is 0. The molecule has 1 aromatic carbocycles. The Morgan fingerprint density at radius 2 is 1.71 bits per heavy atom. The molecule has 0 bridgehead atoms. The van der Waals surface area contributed by atoms with E-state index < -0.39 is 0 Å². The summed E-state index contributed by atoms with van der Waals surface area (Å²) in [7, 11) is 0. The first-order valence-corrected chi connectivity index (χ1v) is 7.68. The summed E-state index contributed by atoms with van der Waals surface area (Å²) in [6.45, 7) is 10.5. The Bertz CT molecular complexity index is 542. The second-order valence-corrected chi connectivity index (χ2v) is 5.35. The SMILES string of the molecule is CCN(CC)c1ccc(NC(C)c2ccc(C)cc2)cn1. The average molecular weight is 283 g/mol. The molecule has 0 aliphatic heterocycles.